The van der Waals surface area contributed by atoms with Crippen LogP contribution in [0.15, 0.2) is 42.7 Å². The van der Waals surface area contributed by atoms with Gasteiger partial charge in [0.2, 0.25) is 0 Å². The molecule has 0 radical (unpaired) electrons. The average Bonchev–Trinajstić information content (AvgIpc) is 3.36. The van der Waals surface area contributed by atoms with Crippen LogP contribution in [-0.2, 0) is 0 Å². The lowest BCUT2D eigenvalue weighted by atomic mass is 10.2. The van der Waals surface area contributed by atoms with E-state index < -0.39 is 0 Å². The number of carbonyl (C=O) groups excluding carboxylic acids is 1. The molecule has 2 saturated heterocycles. The summed E-state index contributed by atoms with van der Waals surface area (Å²) in [5, 5.41) is 7.29. The molecule has 24 heavy (non-hydrogen) atoms. The predicted molar refractivity (Wildman–Crippen MR) is 93.4 cm³/mol. The molecule has 1 aromatic heterocycles. The van der Waals surface area contributed by atoms with Crippen LogP contribution in [0.3, 0.4) is 0 Å². The number of nitrogens with zero attached hydrogens (tertiary/aromatic N) is 4. The number of aromatic nitrogens is 2. The van der Waals surface area contributed by atoms with Gasteiger partial charge in [-0.15, -0.1) is 0 Å². The van der Waals surface area contributed by atoms with Gasteiger partial charge in [0.25, 0.3) is 0 Å². The van der Waals surface area contributed by atoms with Gasteiger partial charge >= 0.3 is 6.03 Å². The standard InChI is InChI=1S/C18H23N5O/c24-18(22-11-8-17(14-22)21-9-4-5-10-21)20-15-12-19-23(13-15)16-6-2-1-3-7-16/h1-3,6-7,12-13,17H,4-5,8-11,14H2,(H,20,24)/t17-/m1/s1. The molecule has 1 aromatic carbocycles. The number of nitrogens with one attached hydrogen (secondary N) is 1. The van der Waals surface area contributed by atoms with Crippen LogP contribution in [0.1, 0.15) is 19.3 Å². The van der Waals surface area contributed by atoms with Crippen LogP contribution in [0.4, 0.5) is 10.5 Å². The van der Waals surface area contributed by atoms with Gasteiger partial charge in [-0.3, -0.25) is 4.90 Å². The zero-order valence-corrected chi connectivity index (χ0v) is 13.8. The maximum Gasteiger partial charge on any atom is 0.321 e. The fourth-order valence-corrected chi connectivity index (χ4v) is 3.64. The summed E-state index contributed by atoms with van der Waals surface area (Å²) >= 11 is 0. The lowest BCUT2D eigenvalue weighted by molar-refractivity contribution is 0.210. The molecule has 2 aromatic rings. The van der Waals surface area contributed by atoms with Crippen LogP contribution in [-0.4, -0.2) is 57.8 Å². The number of urea groups is 1. The van der Waals surface area contributed by atoms with Crippen molar-refractivity contribution < 1.29 is 4.79 Å². The van der Waals surface area contributed by atoms with E-state index in [1.807, 2.05) is 41.4 Å². The largest absolute Gasteiger partial charge is 0.323 e. The number of amides is 2. The van der Waals surface area contributed by atoms with Gasteiger partial charge in [-0.05, 0) is 44.5 Å². The third-order valence-corrected chi connectivity index (χ3v) is 4.96. The highest BCUT2D eigenvalue weighted by atomic mass is 16.2. The summed E-state index contributed by atoms with van der Waals surface area (Å²) in [6.45, 7) is 4.03. The molecule has 0 saturated carbocycles. The predicted octanol–water partition coefficient (Wildman–Crippen LogP) is 2.57. The van der Waals surface area contributed by atoms with E-state index in [1.165, 1.54) is 25.9 Å². The van der Waals surface area contributed by atoms with Crippen molar-refractivity contribution in [3.05, 3.63) is 42.7 Å². The Morgan fingerprint density at radius 1 is 1.12 bits per heavy atom. The second kappa shape index (κ2) is 6.65. The van der Waals surface area contributed by atoms with Crippen LogP contribution in [0.2, 0.25) is 0 Å². The first-order valence-electron chi connectivity index (χ1n) is 8.70. The van der Waals surface area contributed by atoms with Gasteiger partial charge in [0.05, 0.1) is 23.8 Å². The number of hydrogen-bond acceptors (Lipinski definition) is 3. The Hall–Kier alpha value is -2.34. The first-order valence-corrected chi connectivity index (χ1v) is 8.70. The second-order valence-electron chi connectivity index (χ2n) is 6.57. The van der Waals surface area contributed by atoms with E-state index in [0.717, 1.165) is 30.9 Å². The van der Waals surface area contributed by atoms with E-state index in [4.69, 9.17) is 0 Å². The summed E-state index contributed by atoms with van der Waals surface area (Å²) < 4.78 is 1.77. The van der Waals surface area contributed by atoms with Crippen molar-refractivity contribution in [2.75, 3.05) is 31.5 Å². The number of anilines is 1. The lowest BCUT2D eigenvalue weighted by Crippen LogP contribution is -2.38. The Kier molecular flexibility index (Phi) is 4.21. The van der Waals surface area contributed by atoms with E-state index in [-0.39, 0.29) is 6.03 Å². The highest BCUT2D eigenvalue weighted by molar-refractivity contribution is 5.89. The van der Waals surface area contributed by atoms with Gasteiger partial charge in [-0.25, -0.2) is 9.48 Å². The molecule has 0 spiro atoms. The zero-order chi connectivity index (χ0) is 16.4. The molecule has 1 N–H and O–H groups in total. The molecule has 0 unspecified atom stereocenters. The quantitative estimate of drug-likeness (QED) is 0.944. The lowest BCUT2D eigenvalue weighted by Gasteiger charge is -2.23. The van der Waals surface area contributed by atoms with Crippen LogP contribution < -0.4 is 5.32 Å². The normalized spacial score (nSPS) is 21.3. The minimum atomic E-state index is -0.0238. The number of likely N-dealkylation sites (tertiary alicyclic amines) is 2. The Morgan fingerprint density at radius 2 is 1.92 bits per heavy atom. The van der Waals surface area contributed by atoms with Crippen LogP contribution in [0.5, 0.6) is 0 Å². The van der Waals surface area contributed by atoms with Crippen molar-refractivity contribution in [3.8, 4) is 5.69 Å². The van der Waals surface area contributed by atoms with Crippen molar-refractivity contribution in [3.63, 3.8) is 0 Å². The number of hydrogen-bond donors (Lipinski definition) is 1. The molecular weight excluding hydrogens is 302 g/mol. The maximum atomic E-state index is 12.5. The third-order valence-electron chi connectivity index (χ3n) is 4.96. The Morgan fingerprint density at radius 3 is 2.71 bits per heavy atom. The fraction of sp³-hybridized carbons (Fsp3) is 0.444. The minimum Gasteiger partial charge on any atom is -0.323 e. The van der Waals surface area contributed by atoms with E-state index in [2.05, 4.69) is 15.3 Å². The Bertz CT molecular complexity index is 692. The van der Waals surface area contributed by atoms with Crippen molar-refractivity contribution in [1.82, 2.24) is 19.6 Å². The minimum absolute atomic E-state index is 0.0238. The van der Waals surface area contributed by atoms with E-state index in [0.29, 0.717) is 6.04 Å². The van der Waals surface area contributed by atoms with E-state index >= 15 is 0 Å². The summed E-state index contributed by atoms with van der Waals surface area (Å²) in [5.41, 5.74) is 1.71. The van der Waals surface area contributed by atoms with Crippen molar-refractivity contribution in [2.45, 2.75) is 25.3 Å². The van der Waals surface area contributed by atoms with E-state index in [1.54, 1.807) is 10.9 Å². The highest BCUT2D eigenvalue weighted by Gasteiger charge is 2.31. The van der Waals surface area contributed by atoms with Gasteiger partial charge < -0.3 is 10.2 Å². The molecule has 2 amide bonds. The molecule has 6 heteroatoms. The molecule has 126 valence electrons. The fourth-order valence-electron chi connectivity index (χ4n) is 3.64. The number of benzene rings is 1. The molecule has 3 heterocycles. The molecule has 4 rings (SSSR count). The van der Waals surface area contributed by atoms with E-state index in [9.17, 15) is 4.79 Å². The summed E-state index contributed by atoms with van der Waals surface area (Å²) in [6.07, 6.45) is 7.21. The SMILES string of the molecule is O=C(Nc1cnn(-c2ccccc2)c1)N1CC[C@@H](N2CCCC2)C1. The zero-order valence-electron chi connectivity index (χ0n) is 13.8. The summed E-state index contributed by atoms with van der Waals surface area (Å²) in [4.78, 5) is 16.9. The Labute approximate surface area is 142 Å². The second-order valence-corrected chi connectivity index (χ2v) is 6.57. The van der Waals surface area contributed by atoms with Gasteiger partial charge in [0.1, 0.15) is 0 Å². The molecule has 0 bridgehead atoms. The Balaban J connectivity index is 1.36. The number of para-hydroxylation sites is 1. The van der Waals surface area contributed by atoms with Gasteiger partial charge in [-0.1, -0.05) is 18.2 Å². The summed E-state index contributed by atoms with van der Waals surface area (Å²) in [7, 11) is 0. The number of rotatable bonds is 3. The van der Waals surface area contributed by atoms with Crippen LogP contribution in [0.25, 0.3) is 5.69 Å². The number of carbonyl (C=O) groups is 1. The van der Waals surface area contributed by atoms with Crippen molar-refractivity contribution in [1.29, 1.82) is 0 Å². The smallest absolute Gasteiger partial charge is 0.321 e. The van der Waals surface area contributed by atoms with Gasteiger partial charge in [-0.2, -0.15) is 5.10 Å². The monoisotopic (exact) mass is 325 g/mol. The topological polar surface area (TPSA) is 53.4 Å². The molecular formula is C18H23N5O. The first kappa shape index (κ1) is 15.2. The summed E-state index contributed by atoms with van der Waals surface area (Å²) in [5.74, 6) is 0. The molecule has 0 aliphatic carbocycles. The molecule has 6 nitrogen and oxygen atoms in total. The van der Waals surface area contributed by atoms with Crippen molar-refractivity contribution >= 4 is 11.7 Å². The maximum absolute atomic E-state index is 12.5. The van der Waals surface area contributed by atoms with Crippen molar-refractivity contribution in [2.24, 2.45) is 0 Å². The molecule has 1 atom stereocenters. The van der Waals surface area contributed by atoms with Crippen LogP contribution in [0, 0.1) is 0 Å². The van der Waals surface area contributed by atoms with Gasteiger partial charge in [0, 0.05) is 19.1 Å². The third kappa shape index (κ3) is 3.14. The molecule has 2 fully saturated rings. The first-order chi connectivity index (χ1) is 11.8. The van der Waals surface area contributed by atoms with Crippen LogP contribution >= 0.6 is 0 Å². The molecule has 2 aliphatic rings. The highest BCUT2D eigenvalue weighted by Crippen LogP contribution is 2.21. The van der Waals surface area contributed by atoms with Gasteiger partial charge in [0.15, 0.2) is 0 Å². The average molecular weight is 325 g/mol. The molecule has 2 aliphatic heterocycles. The summed E-state index contributed by atoms with van der Waals surface area (Å²) in [6, 6.07) is 10.4.